The third kappa shape index (κ3) is 5.26. The van der Waals surface area contributed by atoms with Crippen LogP contribution in [0.2, 0.25) is 0 Å². The SMILES string of the molecule is CO[C@@H](C(=O)N[C@H]1CCCCNC1=O)[C@H](O)[C@@H](O)[C@H](O)C1=CCCCC1. The lowest BCUT2D eigenvalue weighted by atomic mass is 9.90. The van der Waals surface area contributed by atoms with Crippen molar-refractivity contribution in [3.8, 4) is 0 Å². The molecule has 0 aromatic rings. The number of nitrogens with one attached hydrogen (secondary N) is 2. The maximum Gasteiger partial charge on any atom is 0.252 e. The van der Waals surface area contributed by atoms with Gasteiger partial charge in [-0.2, -0.15) is 0 Å². The van der Waals surface area contributed by atoms with Crippen molar-refractivity contribution in [2.24, 2.45) is 0 Å². The second-order valence-electron chi connectivity index (χ2n) is 6.96. The van der Waals surface area contributed by atoms with Gasteiger partial charge < -0.3 is 30.7 Å². The number of aliphatic hydroxyl groups excluding tert-OH is 3. The van der Waals surface area contributed by atoms with Crippen LogP contribution >= 0.6 is 0 Å². The summed E-state index contributed by atoms with van der Waals surface area (Å²) in [6.45, 7) is 0.571. The first-order valence-corrected chi connectivity index (χ1v) is 9.29. The molecule has 1 aliphatic carbocycles. The molecule has 1 heterocycles. The Kier molecular flexibility index (Phi) is 8.02. The van der Waals surface area contributed by atoms with E-state index in [-0.39, 0.29) is 5.91 Å². The van der Waals surface area contributed by atoms with Crippen molar-refractivity contribution in [2.75, 3.05) is 13.7 Å². The number of rotatable bonds is 7. The molecular formula is C18H30N2O6. The summed E-state index contributed by atoms with van der Waals surface area (Å²) in [5, 5.41) is 36.3. The van der Waals surface area contributed by atoms with Gasteiger partial charge >= 0.3 is 0 Å². The fourth-order valence-corrected chi connectivity index (χ4v) is 3.45. The van der Waals surface area contributed by atoms with Gasteiger partial charge in [0.15, 0.2) is 6.10 Å². The Bertz CT molecular complexity index is 524. The lowest BCUT2D eigenvalue weighted by Gasteiger charge is -2.30. The first-order chi connectivity index (χ1) is 12.5. The van der Waals surface area contributed by atoms with Crippen LogP contribution in [0.3, 0.4) is 0 Å². The zero-order valence-corrected chi connectivity index (χ0v) is 15.2. The summed E-state index contributed by atoms with van der Waals surface area (Å²) in [5.41, 5.74) is 0.668. The molecule has 5 N–H and O–H groups in total. The smallest absolute Gasteiger partial charge is 0.252 e. The lowest BCUT2D eigenvalue weighted by Crippen LogP contribution is -2.55. The lowest BCUT2D eigenvalue weighted by molar-refractivity contribution is -0.151. The number of amides is 2. The molecule has 0 spiro atoms. The Morgan fingerprint density at radius 1 is 1.23 bits per heavy atom. The summed E-state index contributed by atoms with van der Waals surface area (Å²) in [6.07, 6.45) is 1.59. The molecule has 2 amide bonds. The van der Waals surface area contributed by atoms with Crippen LogP contribution in [0.25, 0.3) is 0 Å². The van der Waals surface area contributed by atoms with Crippen LogP contribution in [0, 0.1) is 0 Å². The molecule has 0 saturated carbocycles. The zero-order valence-electron chi connectivity index (χ0n) is 15.2. The summed E-state index contributed by atoms with van der Waals surface area (Å²) in [4.78, 5) is 24.4. The number of methoxy groups -OCH3 is 1. The highest BCUT2D eigenvalue weighted by Crippen LogP contribution is 2.24. The van der Waals surface area contributed by atoms with Gasteiger partial charge in [0, 0.05) is 13.7 Å². The van der Waals surface area contributed by atoms with E-state index in [4.69, 9.17) is 4.74 Å². The molecule has 1 aliphatic heterocycles. The number of hydrogen-bond donors (Lipinski definition) is 5. The maximum atomic E-state index is 12.5. The molecule has 8 heteroatoms. The normalized spacial score (nSPS) is 25.9. The molecule has 0 aromatic carbocycles. The number of ether oxygens (including phenoxy) is 1. The van der Waals surface area contributed by atoms with Crippen molar-refractivity contribution in [2.45, 2.75) is 75.4 Å². The molecule has 148 valence electrons. The summed E-state index contributed by atoms with van der Waals surface area (Å²) < 4.78 is 5.06. The fourth-order valence-electron chi connectivity index (χ4n) is 3.45. The van der Waals surface area contributed by atoms with Gasteiger partial charge in [-0.25, -0.2) is 0 Å². The van der Waals surface area contributed by atoms with Crippen LogP contribution in [-0.4, -0.2) is 71.2 Å². The summed E-state index contributed by atoms with van der Waals surface area (Å²) >= 11 is 0. The topological polar surface area (TPSA) is 128 Å². The van der Waals surface area contributed by atoms with E-state index < -0.39 is 36.4 Å². The first-order valence-electron chi connectivity index (χ1n) is 9.29. The highest BCUT2D eigenvalue weighted by Gasteiger charge is 2.38. The van der Waals surface area contributed by atoms with Crippen molar-refractivity contribution >= 4 is 11.8 Å². The minimum Gasteiger partial charge on any atom is -0.387 e. The number of allylic oxidation sites excluding steroid dienone is 1. The van der Waals surface area contributed by atoms with E-state index in [1.807, 2.05) is 6.08 Å². The Morgan fingerprint density at radius 3 is 2.65 bits per heavy atom. The largest absolute Gasteiger partial charge is 0.387 e. The van der Waals surface area contributed by atoms with E-state index in [2.05, 4.69) is 10.6 Å². The highest BCUT2D eigenvalue weighted by atomic mass is 16.5. The summed E-state index contributed by atoms with van der Waals surface area (Å²) in [7, 11) is 1.24. The summed E-state index contributed by atoms with van der Waals surface area (Å²) in [5.74, 6) is -0.959. The van der Waals surface area contributed by atoms with Crippen LogP contribution in [-0.2, 0) is 14.3 Å². The Hall–Kier alpha value is -1.48. The number of hydrogen-bond acceptors (Lipinski definition) is 6. The van der Waals surface area contributed by atoms with Crippen molar-refractivity contribution in [3.05, 3.63) is 11.6 Å². The average Bonchev–Trinajstić information content (AvgIpc) is 2.86. The third-order valence-corrected chi connectivity index (χ3v) is 5.05. The molecule has 0 unspecified atom stereocenters. The van der Waals surface area contributed by atoms with Crippen molar-refractivity contribution in [1.29, 1.82) is 0 Å². The number of aliphatic hydroxyl groups is 3. The Morgan fingerprint density at radius 2 is 2.00 bits per heavy atom. The van der Waals surface area contributed by atoms with Crippen LogP contribution in [0.1, 0.15) is 44.9 Å². The van der Waals surface area contributed by atoms with Gasteiger partial charge in [0.05, 0.1) is 0 Å². The Labute approximate surface area is 153 Å². The number of carbonyl (C=O) groups excluding carboxylic acids is 2. The molecule has 2 rings (SSSR count). The van der Waals surface area contributed by atoms with Crippen LogP contribution in [0.15, 0.2) is 11.6 Å². The first kappa shape index (κ1) is 20.8. The standard InChI is InChI=1S/C18H30N2O6/c1-26-16(18(25)20-12-9-5-6-10-19-17(12)24)15(23)14(22)13(21)11-7-3-2-4-8-11/h7,12-16,21-23H,2-6,8-10H2,1H3,(H,19,24)(H,20,25)/t12-,13+,14-,15+,16+/m0/s1. The van der Waals surface area contributed by atoms with Crippen molar-refractivity contribution in [3.63, 3.8) is 0 Å². The fraction of sp³-hybridized carbons (Fsp3) is 0.778. The maximum absolute atomic E-state index is 12.5. The van der Waals surface area contributed by atoms with Gasteiger partial charge in [-0.1, -0.05) is 6.08 Å². The molecule has 5 atom stereocenters. The molecular weight excluding hydrogens is 340 g/mol. The predicted molar refractivity (Wildman–Crippen MR) is 94.2 cm³/mol. The number of carbonyl (C=O) groups is 2. The molecule has 0 aromatic heterocycles. The van der Waals surface area contributed by atoms with Gasteiger partial charge in [0.2, 0.25) is 5.91 Å². The molecule has 8 nitrogen and oxygen atoms in total. The van der Waals surface area contributed by atoms with Crippen LogP contribution < -0.4 is 10.6 Å². The minimum atomic E-state index is -1.62. The molecule has 0 bridgehead atoms. The van der Waals surface area contributed by atoms with E-state index in [0.29, 0.717) is 25.0 Å². The van der Waals surface area contributed by atoms with Gasteiger partial charge in [0.1, 0.15) is 24.4 Å². The van der Waals surface area contributed by atoms with Gasteiger partial charge in [-0.3, -0.25) is 9.59 Å². The third-order valence-electron chi connectivity index (χ3n) is 5.05. The highest BCUT2D eigenvalue weighted by molar-refractivity contribution is 5.89. The molecule has 26 heavy (non-hydrogen) atoms. The average molecular weight is 370 g/mol. The summed E-state index contributed by atoms with van der Waals surface area (Å²) in [6, 6.07) is -0.696. The zero-order chi connectivity index (χ0) is 19.1. The minimum absolute atomic E-state index is 0.270. The second kappa shape index (κ2) is 10.0. The molecule has 1 fully saturated rings. The van der Waals surface area contributed by atoms with E-state index in [0.717, 1.165) is 32.1 Å². The Balaban J connectivity index is 1.99. The van der Waals surface area contributed by atoms with E-state index >= 15 is 0 Å². The van der Waals surface area contributed by atoms with Gasteiger partial charge in [-0.15, -0.1) is 0 Å². The van der Waals surface area contributed by atoms with Crippen LogP contribution in [0.5, 0.6) is 0 Å². The predicted octanol–water partition coefficient (Wildman–Crippen LogP) is -0.631. The van der Waals surface area contributed by atoms with Crippen molar-refractivity contribution < 1.29 is 29.6 Å². The molecule has 0 radical (unpaired) electrons. The van der Waals surface area contributed by atoms with Crippen molar-refractivity contribution in [1.82, 2.24) is 10.6 Å². The van der Waals surface area contributed by atoms with Gasteiger partial charge in [0.25, 0.3) is 5.91 Å². The van der Waals surface area contributed by atoms with E-state index in [1.165, 1.54) is 7.11 Å². The van der Waals surface area contributed by atoms with E-state index in [9.17, 15) is 24.9 Å². The molecule has 2 aliphatic rings. The second-order valence-corrected chi connectivity index (χ2v) is 6.96. The quantitative estimate of drug-likeness (QED) is 0.380. The van der Waals surface area contributed by atoms with Gasteiger partial charge in [-0.05, 0) is 50.5 Å². The van der Waals surface area contributed by atoms with Crippen LogP contribution in [0.4, 0.5) is 0 Å². The van der Waals surface area contributed by atoms with E-state index in [1.54, 1.807) is 0 Å². The molecule has 1 saturated heterocycles. The monoisotopic (exact) mass is 370 g/mol.